The number of nitrogens with one attached hydrogen (secondary N) is 1. The highest BCUT2D eigenvalue weighted by molar-refractivity contribution is 5.85. The van der Waals surface area contributed by atoms with Crippen LogP contribution in [0.2, 0.25) is 0 Å². The number of carbonyl (C=O) groups is 1. The van der Waals surface area contributed by atoms with Crippen LogP contribution in [-0.2, 0) is 22.6 Å². The summed E-state index contributed by atoms with van der Waals surface area (Å²) >= 11 is 0. The second-order valence-corrected chi connectivity index (χ2v) is 6.44. The maximum Gasteiger partial charge on any atom is 0.220 e. The molecule has 0 aliphatic carbocycles. The van der Waals surface area contributed by atoms with Gasteiger partial charge in [0.2, 0.25) is 5.91 Å². The first kappa shape index (κ1) is 24.1. The molecule has 0 aromatic heterocycles. The van der Waals surface area contributed by atoms with Crippen LogP contribution < -0.4 is 11.1 Å². The zero-order chi connectivity index (χ0) is 16.7. The number of ether oxygens (including phenoxy) is 1. The van der Waals surface area contributed by atoms with E-state index in [1.165, 1.54) is 5.56 Å². The maximum absolute atomic E-state index is 11.6. The van der Waals surface area contributed by atoms with Crippen LogP contribution in [0.15, 0.2) is 24.3 Å². The first-order chi connectivity index (χ1) is 11.1. The van der Waals surface area contributed by atoms with Gasteiger partial charge in [-0.05, 0) is 37.9 Å². The van der Waals surface area contributed by atoms with Crippen LogP contribution in [0.3, 0.4) is 0 Å². The van der Waals surface area contributed by atoms with E-state index in [2.05, 4.69) is 48.3 Å². The van der Waals surface area contributed by atoms with E-state index in [0.717, 1.165) is 31.6 Å². The summed E-state index contributed by atoms with van der Waals surface area (Å²) in [5.41, 5.74) is 7.82. The van der Waals surface area contributed by atoms with Crippen molar-refractivity contribution in [3.8, 4) is 0 Å². The minimum absolute atomic E-state index is 0. The Labute approximate surface area is 163 Å². The third-order valence-corrected chi connectivity index (χ3v) is 4.02. The van der Waals surface area contributed by atoms with Gasteiger partial charge in [0.25, 0.3) is 0 Å². The molecule has 7 heteroatoms. The van der Waals surface area contributed by atoms with Crippen molar-refractivity contribution in [1.82, 2.24) is 10.2 Å². The number of hydrogen-bond acceptors (Lipinski definition) is 4. The van der Waals surface area contributed by atoms with Crippen LogP contribution in [0.5, 0.6) is 0 Å². The first-order valence-electron chi connectivity index (χ1n) is 8.49. The molecule has 2 atom stereocenters. The van der Waals surface area contributed by atoms with Crippen molar-refractivity contribution >= 4 is 30.7 Å². The number of amides is 1. The van der Waals surface area contributed by atoms with Crippen molar-refractivity contribution in [1.29, 1.82) is 0 Å². The van der Waals surface area contributed by atoms with Gasteiger partial charge in [0.1, 0.15) is 0 Å². The van der Waals surface area contributed by atoms with Crippen molar-refractivity contribution in [3.05, 3.63) is 35.4 Å². The number of carbonyl (C=O) groups excluding carboxylic acids is 1. The minimum Gasteiger partial charge on any atom is -0.373 e. The Hall–Kier alpha value is -0.850. The monoisotopic (exact) mass is 391 g/mol. The van der Waals surface area contributed by atoms with Gasteiger partial charge in [0.15, 0.2) is 0 Å². The highest BCUT2D eigenvalue weighted by Crippen LogP contribution is 2.14. The van der Waals surface area contributed by atoms with Crippen molar-refractivity contribution in [2.75, 3.05) is 19.6 Å². The standard InChI is InChI=1S/C18H29N3O2.2ClH/c1-14-11-21(12-15(2)23-14)13-17-7-5-16(6-8-17)10-20-18(22)4-3-9-19;;/h5-8,14-15H,3-4,9-13,19H2,1-2H3,(H,20,22);2*1H. The molecule has 0 saturated carbocycles. The predicted octanol–water partition coefficient (Wildman–Crippen LogP) is 2.49. The Morgan fingerprint density at radius 1 is 1.16 bits per heavy atom. The average molecular weight is 392 g/mol. The van der Waals surface area contributed by atoms with Crippen LogP contribution in [0, 0.1) is 0 Å². The Bertz CT molecular complexity index is 490. The number of nitrogens with two attached hydrogens (primary N) is 1. The van der Waals surface area contributed by atoms with Crippen LogP contribution >= 0.6 is 24.8 Å². The quantitative estimate of drug-likeness (QED) is 0.748. The van der Waals surface area contributed by atoms with Gasteiger partial charge in [-0.1, -0.05) is 24.3 Å². The lowest BCUT2D eigenvalue weighted by Gasteiger charge is -2.35. The summed E-state index contributed by atoms with van der Waals surface area (Å²) in [7, 11) is 0. The SMILES string of the molecule is CC1CN(Cc2ccc(CNC(=O)CCCN)cc2)CC(C)O1.Cl.Cl. The molecule has 25 heavy (non-hydrogen) atoms. The molecule has 0 spiro atoms. The topological polar surface area (TPSA) is 67.6 Å². The fraction of sp³-hybridized carbons (Fsp3) is 0.611. The van der Waals surface area contributed by atoms with Gasteiger partial charge in [-0.15, -0.1) is 24.8 Å². The van der Waals surface area contributed by atoms with E-state index in [1.807, 2.05) is 0 Å². The van der Waals surface area contributed by atoms with Gasteiger partial charge >= 0.3 is 0 Å². The maximum atomic E-state index is 11.6. The minimum atomic E-state index is 0. The summed E-state index contributed by atoms with van der Waals surface area (Å²) in [6.07, 6.45) is 1.83. The normalized spacial score (nSPS) is 20.3. The largest absolute Gasteiger partial charge is 0.373 e. The molecule has 1 heterocycles. The first-order valence-corrected chi connectivity index (χ1v) is 8.49. The lowest BCUT2D eigenvalue weighted by Crippen LogP contribution is -2.44. The highest BCUT2D eigenvalue weighted by Gasteiger charge is 2.21. The lowest BCUT2D eigenvalue weighted by molar-refractivity contribution is -0.121. The molecule has 1 aliphatic rings. The molecule has 1 fully saturated rings. The summed E-state index contributed by atoms with van der Waals surface area (Å²) in [4.78, 5) is 14.0. The van der Waals surface area contributed by atoms with Crippen molar-refractivity contribution in [3.63, 3.8) is 0 Å². The average Bonchev–Trinajstić information content (AvgIpc) is 2.51. The third kappa shape index (κ3) is 8.88. The van der Waals surface area contributed by atoms with Crippen molar-refractivity contribution in [2.24, 2.45) is 5.73 Å². The Morgan fingerprint density at radius 2 is 1.72 bits per heavy atom. The van der Waals surface area contributed by atoms with E-state index in [4.69, 9.17) is 10.5 Å². The Morgan fingerprint density at radius 3 is 2.28 bits per heavy atom. The van der Waals surface area contributed by atoms with Crippen molar-refractivity contribution < 1.29 is 9.53 Å². The second-order valence-electron chi connectivity index (χ2n) is 6.44. The number of halogens is 2. The van der Waals surface area contributed by atoms with E-state index in [9.17, 15) is 4.79 Å². The van der Waals surface area contributed by atoms with E-state index < -0.39 is 0 Å². The van der Waals surface area contributed by atoms with Crippen LogP contribution in [0.1, 0.15) is 37.8 Å². The van der Waals surface area contributed by atoms with Gasteiger partial charge in [-0.2, -0.15) is 0 Å². The number of benzene rings is 1. The van der Waals surface area contributed by atoms with E-state index in [0.29, 0.717) is 31.7 Å². The molecule has 2 rings (SSSR count). The Kier molecular flexibility index (Phi) is 12.1. The summed E-state index contributed by atoms with van der Waals surface area (Å²) in [6, 6.07) is 8.47. The molecule has 0 radical (unpaired) electrons. The molecule has 144 valence electrons. The summed E-state index contributed by atoms with van der Waals surface area (Å²) < 4.78 is 5.77. The van der Waals surface area contributed by atoms with Crippen LogP contribution in [0.25, 0.3) is 0 Å². The molecule has 1 aliphatic heterocycles. The molecule has 5 nitrogen and oxygen atoms in total. The lowest BCUT2D eigenvalue weighted by atomic mass is 10.1. The van der Waals surface area contributed by atoms with Crippen LogP contribution in [-0.4, -0.2) is 42.6 Å². The molecule has 0 bridgehead atoms. The van der Waals surface area contributed by atoms with Crippen molar-refractivity contribution in [2.45, 2.75) is 52.0 Å². The fourth-order valence-corrected chi connectivity index (χ4v) is 2.99. The number of rotatable bonds is 7. The third-order valence-electron chi connectivity index (χ3n) is 4.02. The van der Waals surface area contributed by atoms with Gasteiger partial charge < -0.3 is 15.8 Å². The predicted molar refractivity (Wildman–Crippen MR) is 106 cm³/mol. The molecule has 1 aromatic carbocycles. The molecule has 2 unspecified atom stereocenters. The molecule has 1 amide bonds. The highest BCUT2D eigenvalue weighted by atomic mass is 35.5. The van der Waals surface area contributed by atoms with Gasteiger partial charge in [-0.3, -0.25) is 9.69 Å². The zero-order valence-corrected chi connectivity index (χ0v) is 16.7. The van der Waals surface area contributed by atoms with Gasteiger partial charge in [0.05, 0.1) is 12.2 Å². The van der Waals surface area contributed by atoms with E-state index in [-0.39, 0.29) is 30.7 Å². The molecule has 1 aromatic rings. The number of morpholine rings is 1. The van der Waals surface area contributed by atoms with E-state index >= 15 is 0 Å². The van der Waals surface area contributed by atoms with E-state index in [1.54, 1.807) is 0 Å². The number of nitrogens with zero attached hydrogens (tertiary/aromatic N) is 1. The molecular weight excluding hydrogens is 361 g/mol. The van der Waals surface area contributed by atoms with Crippen LogP contribution in [0.4, 0.5) is 0 Å². The van der Waals surface area contributed by atoms with Gasteiger partial charge in [0, 0.05) is 32.6 Å². The summed E-state index contributed by atoms with van der Waals surface area (Å²) in [5, 5.41) is 2.92. The molecule has 1 saturated heterocycles. The number of hydrogen-bond donors (Lipinski definition) is 2. The van der Waals surface area contributed by atoms with Gasteiger partial charge in [-0.25, -0.2) is 0 Å². The molecule has 3 N–H and O–H groups in total. The second kappa shape index (κ2) is 12.5. The molecular formula is C18H31Cl2N3O2. The summed E-state index contributed by atoms with van der Waals surface area (Å²) in [5.74, 6) is 0.0656. The zero-order valence-electron chi connectivity index (χ0n) is 15.1. The summed E-state index contributed by atoms with van der Waals surface area (Å²) in [6.45, 7) is 8.28. The Balaban J connectivity index is 0.00000288. The smallest absolute Gasteiger partial charge is 0.220 e. The fourth-order valence-electron chi connectivity index (χ4n) is 2.99.